The number of H-pyrrole nitrogens is 1. The van der Waals surface area contributed by atoms with Crippen LogP contribution in [-0.4, -0.2) is 33.4 Å². The number of hydrogen-bond acceptors (Lipinski definition) is 6. The van der Waals surface area contributed by atoms with Gasteiger partial charge in [-0.1, -0.05) is 0 Å². The van der Waals surface area contributed by atoms with E-state index in [2.05, 4.69) is 4.98 Å². The molecule has 3 rings (SSSR count). The molecule has 130 valence electrons. The molecule has 0 aliphatic rings. The molecule has 3 aromatic rings. The Morgan fingerprint density at radius 1 is 1.20 bits per heavy atom. The Morgan fingerprint density at radius 3 is 2.64 bits per heavy atom. The van der Waals surface area contributed by atoms with Crippen molar-refractivity contribution in [2.45, 2.75) is 4.90 Å². The number of nitrogens with one attached hydrogen (secondary N) is 2. The minimum absolute atomic E-state index is 0.165. The SMILES string of the molecule is CN(C)c1ccc2cc(C(=O)NS(=O)(=O)c3c[nH]ccc3=O)oc2c1. The van der Waals surface area contributed by atoms with Gasteiger partial charge in [-0.2, -0.15) is 0 Å². The molecule has 8 nitrogen and oxygen atoms in total. The number of aromatic amines is 1. The summed E-state index contributed by atoms with van der Waals surface area (Å²) in [7, 11) is -0.583. The highest BCUT2D eigenvalue weighted by molar-refractivity contribution is 7.90. The van der Waals surface area contributed by atoms with E-state index < -0.39 is 26.3 Å². The normalized spacial score (nSPS) is 11.4. The van der Waals surface area contributed by atoms with E-state index in [4.69, 9.17) is 4.42 Å². The molecule has 0 fully saturated rings. The monoisotopic (exact) mass is 361 g/mol. The van der Waals surface area contributed by atoms with Crippen molar-refractivity contribution in [3.05, 3.63) is 58.7 Å². The Morgan fingerprint density at radius 2 is 1.96 bits per heavy atom. The molecule has 25 heavy (non-hydrogen) atoms. The molecule has 1 amide bonds. The van der Waals surface area contributed by atoms with Gasteiger partial charge in [0.2, 0.25) is 5.43 Å². The van der Waals surface area contributed by atoms with E-state index in [0.717, 1.165) is 18.0 Å². The number of furan rings is 1. The van der Waals surface area contributed by atoms with Crippen molar-refractivity contribution in [2.24, 2.45) is 0 Å². The van der Waals surface area contributed by atoms with Crippen LogP contribution in [0.2, 0.25) is 0 Å². The molecule has 0 radical (unpaired) electrons. The number of rotatable bonds is 4. The van der Waals surface area contributed by atoms with Crippen molar-refractivity contribution in [1.82, 2.24) is 9.71 Å². The highest BCUT2D eigenvalue weighted by atomic mass is 32.2. The zero-order valence-corrected chi connectivity index (χ0v) is 14.3. The fourth-order valence-corrected chi connectivity index (χ4v) is 3.26. The van der Waals surface area contributed by atoms with E-state index in [9.17, 15) is 18.0 Å². The van der Waals surface area contributed by atoms with Gasteiger partial charge in [-0.3, -0.25) is 9.59 Å². The summed E-state index contributed by atoms with van der Waals surface area (Å²) in [5, 5.41) is 0.658. The number of sulfonamides is 1. The number of carbonyl (C=O) groups excluding carboxylic acids is 1. The second-order valence-corrected chi connectivity index (χ2v) is 7.19. The summed E-state index contributed by atoms with van der Waals surface area (Å²) in [4.78, 5) is 27.7. The summed E-state index contributed by atoms with van der Waals surface area (Å²) in [6.07, 6.45) is 2.31. The molecule has 0 saturated carbocycles. The maximum Gasteiger partial charge on any atom is 0.300 e. The fraction of sp³-hybridized carbons (Fsp3) is 0.125. The lowest BCUT2D eigenvalue weighted by molar-refractivity contribution is 0.0956. The van der Waals surface area contributed by atoms with Crippen LogP contribution in [0.5, 0.6) is 0 Å². The summed E-state index contributed by atoms with van der Waals surface area (Å²) < 4.78 is 31.7. The molecule has 9 heteroatoms. The molecular weight excluding hydrogens is 346 g/mol. The van der Waals surface area contributed by atoms with Gasteiger partial charge in [-0.25, -0.2) is 13.1 Å². The third-order valence-electron chi connectivity index (χ3n) is 3.55. The van der Waals surface area contributed by atoms with Crippen LogP contribution in [-0.2, 0) is 10.0 Å². The highest BCUT2D eigenvalue weighted by Gasteiger charge is 2.23. The quantitative estimate of drug-likeness (QED) is 0.724. The van der Waals surface area contributed by atoms with Crippen LogP contribution >= 0.6 is 0 Å². The van der Waals surface area contributed by atoms with E-state index in [-0.39, 0.29) is 5.76 Å². The average Bonchev–Trinajstić information content (AvgIpc) is 2.97. The van der Waals surface area contributed by atoms with Gasteiger partial charge in [0.15, 0.2) is 10.7 Å². The second-order valence-electron chi connectivity index (χ2n) is 5.53. The average molecular weight is 361 g/mol. The molecule has 0 bridgehead atoms. The van der Waals surface area contributed by atoms with Gasteiger partial charge >= 0.3 is 5.91 Å². The van der Waals surface area contributed by atoms with Crippen LogP contribution < -0.4 is 15.1 Å². The fourth-order valence-electron chi connectivity index (χ4n) is 2.25. The lowest BCUT2D eigenvalue weighted by atomic mass is 10.2. The van der Waals surface area contributed by atoms with E-state index in [1.807, 2.05) is 29.8 Å². The van der Waals surface area contributed by atoms with E-state index in [0.29, 0.717) is 11.0 Å². The van der Waals surface area contributed by atoms with Gasteiger partial charge in [-0.05, 0) is 18.2 Å². The first-order chi connectivity index (χ1) is 11.8. The number of carbonyl (C=O) groups is 1. The van der Waals surface area contributed by atoms with Crippen molar-refractivity contribution in [2.75, 3.05) is 19.0 Å². The molecule has 0 saturated heterocycles. The number of fused-ring (bicyclic) bond motifs is 1. The molecule has 0 aliphatic carbocycles. The smallest absolute Gasteiger partial charge is 0.300 e. The third kappa shape index (κ3) is 3.26. The first-order valence-electron chi connectivity index (χ1n) is 7.23. The molecule has 0 spiro atoms. The zero-order valence-electron chi connectivity index (χ0n) is 13.4. The van der Waals surface area contributed by atoms with Gasteiger partial charge in [0, 0.05) is 49.7 Å². The Balaban J connectivity index is 1.92. The first-order valence-corrected chi connectivity index (χ1v) is 8.71. The molecule has 0 atom stereocenters. The predicted octanol–water partition coefficient (Wildman–Crippen LogP) is 1.31. The third-order valence-corrected chi connectivity index (χ3v) is 4.90. The lowest BCUT2D eigenvalue weighted by Crippen LogP contribution is -2.33. The topological polar surface area (TPSA) is 112 Å². The molecular formula is C16H15N3O5S. The van der Waals surface area contributed by atoms with Gasteiger partial charge in [-0.15, -0.1) is 0 Å². The summed E-state index contributed by atoms with van der Waals surface area (Å²) in [5.74, 6) is -1.12. The van der Waals surface area contributed by atoms with Crippen molar-refractivity contribution in [3.63, 3.8) is 0 Å². The van der Waals surface area contributed by atoms with Crippen molar-refractivity contribution in [3.8, 4) is 0 Å². The van der Waals surface area contributed by atoms with Crippen molar-refractivity contribution < 1.29 is 17.6 Å². The number of benzene rings is 1. The van der Waals surface area contributed by atoms with Crippen LogP contribution in [0.4, 0.5) is 5.69 Å². The Labute approximate surface area is 143 Å². The molecule has 1 aromatic carbocycles. The predicted molar refractivity (Wildman–Crippen MR) is 92.3 cm³/mol. The molecule has 2 heterocycles. The number of hydrogen-bond donors (Lipinski definition) is 2. The summed E-state index contributed by atoms with van der Waals surface area (Å²) in [6, 6.07) is 7.85. The largest absolute Gasteiger partial charge is 0.451 e. The summed E-state index contributed by atoms with van der Waals surface area (Å²) in [6.45, 7) is 0. The van der Waals surface area contributed by atoms with Crippen LogP contribution in [0.15, 0.2) is 56.8 Å². The van der Waals surface area contributed by atoms with Crippen molar-refractivity contribution in [1.29, 1.82) is 0 Å². The van der Waals surface area contributed by atoms with Crippen LogP contribution in [0.1, 0.15) is 10.6 Å². The minimum atomic E-state index is -4.31. The van der Waals surface area contributed by atoms with E-state index >= 15 is 0 Å². The number of amides is 1. The second kappa shape index (κ2) is 6.10. The first kappa shape index (κ1) is 16.8. The molecule has 0 aliphatic heterocycles. The summed E-state index contributed by atoms with van der Waals surface area (Å²) in [5.41, 5.74) is 0.600. The van der Waals surface area contributed by atoms with Gasteiger partial charge in [0.1, 0.15) is 5.58 Å². The van der Waals surface area contributed by atoms with Gasteiger partial charge < -0.3 is 14.3 Å². The van der Waals surface area contributed by atoms with Crippen LogP contribution in [0.25, 0.3) is 11.0 Å². The van der Waals surface area contributed by atoms with Crippen molar-refractivity contribution >= 4 is 32.6 Å². The standard InChI is InChI=1S/C16H15N3O5S/c1-19(2)11-4-3-10-7-14(24-13(10)8-11)16(21)18-25(22,23)15-9-17-6-5-12(15)20/h3-9H,1-2H3,(H,17,20)(H,18,21). The Kier molecular flexibility index (Phi) is 4.09. The minimum Gasteiger partial charge on any atom is -0.451 e. The Bertz CT molecular complexity index is 1110. The van der Waals surface area contributed by atoms with Crippen LogP contribution in [0, 0.1) is 0 Å². The van der Waals surface area contributed by atoms with E-state index in [1.165, 1.54) is 12.3 Å². The van der Waals surface area contributed by atoms with E-state index in [1.54, 1.807) is 12.1 Å². The molecule has 0 unspecified atom stereocenters. The Hall–Kier alpha value is -3.07. The highest BCUT2D eigenvalue weighted by Crippen LogP contribution is 2.24. The van der Waals surface area contributed by atoms with Gasteiger partial charge in [0.25, 0.3) is 10.0 Å². The molecule has 2 N–H and O–H groups in total. The number of nitrogens with zero attached hydrogens (tertiary/aromatic N) is 1. The summed E-state index contributed by atoms with van der Waals surface area (Å²) >= 11 is 0. The number of aromatic nitrogens is 1. The molecule has 2 aromatic heterocycles. The number of pyridine rings is 1. The number of anilines is 1. The maximum absolute atomic E-state index is 12.2. The maximum atomic E-state index is 12.2. The van der Waals surface area contributed by atoms with Crippen LogP contribution in [0.3, 0.4) is 0 Å². The lowest BCUT2D eigenvalue weighted by Gasteiger charge is -2.11. The zero-order chi connectivity index (χ0) is 18.2. The van der Waals surface area contributed by atoms with Gasteiger partial charge in [0.05, 0.1) is 0 Å².